The Labute approximate surface area is 499 Å². The molecule has 6 saturated carbocycles. The van der Waals surface area contributed by atoms with E-state index in [1.165, 1.54) is 90.1 Å². The van der Waals surface area contributed by atoms with E-state index in [-0.39, 0.29) is 42.9 Å². The number of likely N-dealkylation sites (tertiary alicyclic amines) is 2. The number of aliphatic hydroxyl groups excluding tert-OH is 2. The van der Waals surface area contributed by atoms with Crippen LogP contribution in [0, 0.1) is 94.7 Å². The van der Waals surface area contributed by atoms with Crippen molar-refractivity contribution in [3.05, 3.63) is 48.3 Å². The SMILES string of the molecule is CC1=C2C[C@H]3[C@@H](CC=C4C[C@@H](O)CC[C@@]43C)[C@@H]2CC[C@]12O[C@@H]1C[C@H](C)CN(CCCl)[C@H]1[C@H]2C.C[C@H]1C[C@H]2O[C@]3(CC[C@H]4[C@@H]5CC=C6C[C@@H](O)CC[C@]6(C)[C@H]5CC45C[C@]53C)[C@H](C)[C@@H]2N(CCCl)C1.ClCI.[CH2-]C.[CH2-]C.[Zn+2]. The second-order valence-corrected chi connectivity index (χ2v) is 30.1. The second-order valence-electron chi connectivity index (χ2n) is 27.4. The molecule has 2 N–H and O–H groups in total. The Kier molecular flexibility index (Phi) is 20.0. The van der Waals surface area contributed by atoms with Crippen LogP contribution in [0.3, 0.4) is 0 Å². The van der Waals surface area contributed by atoms with E-state index < -0.39 is 0 Å². The van der Waals surface area contributed by atoms with Crippen molar-refractivity contribution >= 4 is 57.4 Å². The van der Waals surface area contributed by atoms with Crippen LogP contribution in [0.4, 0.5) is 0 Å². The summed E-state index contributed by atoms with van der Waals surface area (Å²) in [6.07, 6.45) is 25.9. The van der Waals surface area contributed by atoms with Crippen LogP contribution in [0.2, 0.25) is 0 Å². The van der Waals surface area contributed by atoms with Gasteiger partial charge < -0.3 is 33.5 Å². The van der Waals surface area contributed by atoms with E-state index in [0.717, 1.165) is 86.6 Å². The Bertz CT molecular complexity index is 2100. The van der Waals surface area contributed by atoms with E-state index in [2.05, 4.69) is 114 Å². The van der Waals surface area contributed by atoms with Crippen molar-refractivity contribution in [2.75, 3.05) is 41.8 Å². The number of aliphatic hydroxyl groups is 2. The molecular formula is C64H102Cl3IN2O4Zn. The predicted molar refractivity (Wildman–Crippen MR) is 318 cm³/mol. The van der Waals surface area contributed by atoms with Crippen molar-refractivity contribution in [1.82, 2.24) is 9.80 Å². The molecule has 0 radical (unpaired) electrons. The summed E-state index contributed by atoms with van der Waals surface area (Å²) in [4.78, 5) is 5.36. The number of ether oxygens (including phenoxy) is 2. The zero-order valence-electron chi connectivity index (χ0n) is 48.6. The normalized spacial score (nSPS) is 50.4. The summed E-state index contributed by atoms with van der Waals surface area (Å²) in [5.74, 6) is 8.79. The maximum atomic E-state index is 10.4. The smallest absolute Gasteiger partial charge is 0.393 e. The van der Waals surface area contributed by atoms with E-state index in [0.29, 0.717) is 79.4 Å². The van der Waals surface area contributed by atoms with E-state index in [9.17, 15) is 10.2 Å². The number of nitrogens with zero attached hydrogens (tertiary/aromatic N) is 2. The van der Waals surface area contributed by atoms with Crippen molar-refractivity contribution in [2.45, 2.75) is 226 Å². The quantitative estimate of drug-likeness (QED) is 0.0961. The summed E-state index contributed by atoms with van der Waals surface area (Å²) in [7, 11) is 0. The molecule has 9 aliphatic carbocycles. The molecule has 4 heterocycles. The standard InChI is InChI=1S/C30H46ClNO2.C29H44ClNO2.2C2H5.CH2ClI.Zn/c1-18-13-25-26(32(16-18)12-11-31)19(2)30(34-25)10-8-23-22-6-5-20-14-21(33)7-9-27(20,3)24(22)15-29(23)17-28(29,30)4;1-17-13-26-27(31(16-17)12-11-30)19(3)29(33-26)10-8-22-23-6-5-20-14-21(32)7-9-28(20,4)25(23)15-24(22)18(29)2;2*1-2;2-1-3;/h5,18-19,21-26,33H,6-17H2,1-4H3;5,17,19,21-23,25-27,32H,6-16H2,1-4H3;2*1H2,2H3;1H2;/q;;2*-1;;+2/t18-,19+,21-,22-,23-,24-,25+,26-,27-,28+,29?,30+;17-,19+,21-,22-,23-,25-,26+,27-,28-,29-;;;;/m00..../s1. The van der Waals surface area contributed by atoms with Crippen LogP contribution in [0.25, 0.3) is 0 Å². The molecular weight excluding hydrogens is 1160 g/mol. The fourth-order valence-electron chi connectivity index (χ4n) is 21.7. The molecule has 13 aliphatic rings. The van der Waals surface area contributed by atoms with Gasteiger partial charge in [0.15, 0.2) is 0 Å². The van der Waals surface area contributed by atoms with E-state index in [1.807, 2.05) is 0 Å². The molecule has 13 rings (SSSR count). The predicted octanol–water partition coefficient (Wildman–Crippen LogP) is 15.3. The zero-order valence-corrected chi connectivity index (χ0v) is 56.0. The second kappa shape index (κ2) is 24.1. The van der Waals surface area contributed by atoms with Crippen molar-refractivity contribution < 1.29 is 39.2 Å². The van der Waals surface area contributed by atoms with Crippen LogP contribution in [0.5, 0.6) is 0 Å². The van der Waals surface area contributed by atoms with E-state index in [1.54, 1.807) is 36.1 Å². The van der Waals surface area contributed by atoms with Gasteiger partial charge in [-0.15, -0.1) is 34.8 Å². The number of fused-ring (bicyclic) bond motifs is 12. The Morgan fingerprint density at radius 3 is 1.76 bits per heavy atom. The maximum absolute atomic E-state index is 10.4. The number of allylic oxidation sites excluding steroid dienone is 3. The number of hydrogen-bond acceptors (Lipinski definition) is 6. The summed E-state index contributed by atoms with van der Waals surface area (Å²) < 4.78 is 15.3. The molecule has 22 atom stereocenters. The maximum Gasteiger partial charge on any atom is 2.00 e. The number of alkyl halides is 4. The molecule has 4 saturated heterocycles. The van der Waals surface area contributed by atoms with Gasteiger partial charge in [0, 0.05) is 67.3 Å². The molecule has 3 spiro atoms. The molecule has 0 bridgehead atoms. The van der Waals surface area contributed by atoms with Crippen LogP contribution in [-0.2, 0) is 29.0 Å². The average Bonchev–Trinajstić information content (AvgIpc) is 3.69. The molecule has 422 valence electrons. The van der Waals surface area contributed by atoms with E-state index >= 15 is 0 Å². The Morgan fingerprint density at radius 2 is 1.20 bits per heavy atom. The van der Waals surface area contributed by atoms with Gasteiger partial charge in [0.05, 0.1) is 39.5 Å². The van der Waals surface area contributed by atoms with Gasteiger partial charge in [0.2, 0.25) is 0 Å². The molecule has 4 aliphatic heterocycles. The topological polar surface area (TPSA) is 65.4 Å². The van der Waals surface area contributed by atoms with Crippen molar-refractivity contribution in [3.8, 4) is 0 Å². The molecule has 0 aromatic heterocycles. The summed E-state index contributed by atoms with van der Waals surface area (Å²) >= 11 is 19.6. The Balaban J connectivity index is 0.000000176. The summed E-state index contributed by atoms with van der Waals surface area (Å²) in [6, 6.07) is 1.07. The first-order valence-corrected chi connectivity index (χ1v) is 33.5. The Morgan fingerprint density at radius 1 is 0.680 bits per heavy atom. The van der Waals surface area contributed by atoms with Crippen molar-refractivity contribution in [1.29, 1.82) is 0 Å². The molecule has 1 unspecified atom stereocenters. The fraction of sp³-hybridized carbons (Fsp3) is 0.875. The summed E-state index contributed by atoms with van der Waals surface area (Å²) in [5, 5.41) is 20.7. The van der Waals surface area contributed by atoms with Gasteiger partial charge in [-0.25, -0.2) is 0 Å². The summed E-state index contributed by atoms with van der Waals surface area (Å²) in [5.41, 5.74) is 7.97. The third kappa shape index (κ3) is 9.86. The molecule has 75 heavy (non-hydrogen) atoms. The number of hydrogen-bond donors (Lipinski definition) is 2. The first-order chi connectivity index (χ1) is 35.4. The molecule has 0 amide bonds. The van der Waals surface area contributed by atoms with E-state index in [4.69, 9.17) is 44.3 Å². The van der Waals surface area contributed by atoms with Crippen LogP contribution in [0.15, 0.2) is 34.4 Å². The largest absolute Gasteiger partial charge is 2.00 e. The fourth-order valence-corrected chi connectivity index (χ4v) is 22.1. The van der Waals surface area contributed by atoms with Gasteiger partial charge in [0.1, 0.15) is 0 Å². The van der Waals surface area contributed by atoms with Crippen LogP contribution in [0.1, 0.15) is 178 Å². The molecule has 10 fully saturated rings. The van der Waals surface area contributed by atoms with Crippen molar-refractivity contribution in [2.24, 2.45) is 80.8 Å². The Hall–Kier alpha value is 1.20. The molecule has 11 heteroatoms. The van der Waals surface area contributed by atoms with Crippen molar-refractivity contribution in [3.63, 3.8) is 0 Å². The number of halogens is 4. The van der Waals surface area contributed by atoms with Gasteiger partial charge in [-0.1, -0.05) is 99.9 Å². The first-order valence-electron chi connectivity index (χ1n) is 30.3. The van der Waals surface area contributed by atoms with Gasteiger partial charge in [-0.3, -0.25) is 9.80 Å². The average molecular weight is 1260 g/mol. The van der Waals surface area contributed by atoms with Gasteiger partial charge >= 0.3 is 19.5 Å². The molecule has 6 nitrogen and oxygen atoms in total. The zero-order chi connectivity index (χ0) is 53.5. The number of rotatable bonds is 4. The molecule has 0 aromatic rings. The van der Waals surface area contributed by atoms with Gasteiger partial charge in [-0.2, -0.15) is 13.8 Å². The third-order valence-electron chi connectivity index (χ3n) is 24.8. The minimum absolute atomic E-state index is 0. The first kappa shape index (κ1) is 62.3. The third-order valence-corrected chi connectivity index (χ3v) is 25.1. The monoisotopic (exact) mass is 1260 g/mol. The minimum Gasteiger partial charge on any atom is -0.393 e. The van der Waals surface area contributed by atoms with Gasteiger partial charge in [0.25, 0.3) is 0 Å². The van der Waals surface area contributed by atoms with Crippen LogP contribution < -0.4 is 0 Å². The number of piperidine rings is 2. The molecule has 0 aromatic carbocycles. The van der Waals surface area contributed by atoms with Crippen LogP contribution >= 0.6 is 57.4 Å². The van der Waals surface area contributed by atoms with Crippen LogP contribution in [-0.4, -0.2) is 110 Å². The summed E-state index contributed by atoms with van der Waals surface area (Å²) in [6.45, 7) is 34.4. The van der Waals surface area contributed by atoms with Gasteiger partial charge in [-0.05, 0) is 185 Å². The minimum atomic E-state index is -0.122.